The minimum atomic E-state index is -0.517. The first-order valence-electron chi connectivity index (χ1n) is 8.65. The summed E-state index contributed by atoms with van der Waals surface area (Å²) in [6, 6.07) is 8.27. The van der Waals surface area contributed by atoms with E-state index < -0.39 is 5.97 Å². The van der Waals surface area contributed by atoms with Crippen LogP contribution >= 0.6 is 11.8 Å². The number of carbonyl (C=O) groups is 1. The molecule has 0 aliphatic heterocycles. The van der Waals surface area contributed by atoms with Crippen molar-refractivity contribution in [2.75, 3.05) is 27.1 Å². The zero-order chi connectivity index (χ0) is 21.5. The van der Waals surface area contributed by atoms with Gasteiger partial charge in [-0.3, -0.25) is 4.79 Å². The molecular weight excluding hydrogens is 414 g/mol. The highest BCUT2D eigenvalue weighted by Crippen LogP contribution is 2.40. The van der Waals surface area contributed by atoms with Gasteiger partial charge >= 0.3 is 5.97 Å². The fourth-order valence-electron chi connectivity index (χ4n) is 2.47. The molecule has 0 radical (unpaired) electrons. The molecule has 0 aliphatic rings. The van der Waals surface area contributed by atoms with E-state index in [1.807, 2.05) is 0 Å². The first-order valence-corrected chi connectivity index (χ1v) is 9.63. The van der Waals surface area contributed by atoms with Gasteiger partial charge in [0.25, 0.3) is 10.9 Å². The van der Waals surface area contributed by atoms with Crippen LogP contribution in [0, 0.1) is 5.21 Å². The van der Waals surface area contributed by atoms with Crippen molar-refractivity contribution in [1.29, 1.82) is 0 Å². The van der Waals surface area contributed by atoms with Crippen molar-refractivity contribution in [1.82, 2.24) is 10.2 Å². The van der Waals surface area contributed by atoms with E-state index in [-0.39, 0.29) is 24.1 Å². The van der Waals surface area contributed by atoms with Gasteiger partial charge in [0.15, 0.2) is 24.3 Å². The maximum Gasteiger partial charge on any atom is 0.317 e. The Morgan fingerprint density at radius 2 is 1.87 bits per heavy atom. The molecule has 0 spiro atoms. The van der Waals surface area contributed by atoms with Gasteiger partial charge in [-0.25, -0.2) is 0 Å². The van der Waals surface area contributed by atoms with E-state index in [4.69, 9.17) is 23.4 Å². The smallest absolute Gasteiger partial charge is 0.317 e. The number of nitrogens with zero attached hydrogens (tertiary/aromatic N) is 3. The van der Waals surface area contributed by atoms with Gasteiger partial charge in [-0.05, 0) is 30.0 Å². The molecule has 11 heteroatoms. The lowest BCUT2D eigenvalue weighted by atomic mass is 10.2. The van der Waals surface area contributed by atoms with E-state index >= 15 is 0 Å². The third kappa shape index (κ3) is 4.92. The van der Waals surface area contributed by atoms with Gasteiger partial charge in [0.05, 0.1) is 21.3 Å². The molecule has 3 aromatic rings. The maximum absolute atomic E-state index is 11.9. The summed E-state index contributed by atoms with van der Waals surface area (Å²) in [5, 5.41) is 19.8. The van der Waals surface area contributed by atoms with E-state index in [0.717, 1.165) is 11.8 Å². The number of rotatable bonds is 9. The van der Waals surface area contributed by atoms with Crippen molar-refractivity contribution in [2.24, 2.45) is 0 Å². The maximum atomic E-state index is 11.9. The number of thioether (sulfide) groups is 1. The number of esters is 1. The SMILES string of the molecule is COc1cc(-c2nnc(COC(=O)CSc3cccc[n+]3[O-])o2)cc(OC)c1OC. The Morgan fingerprint density at radius 1 is 1.13 bits per heavy atom. The van der Waals surface area contributed by atoms with Crippen molar-refractivity contribution in [2.45, 2.75) is 11.6 Å². The van der Waals surface area contributed by atoms with E-state index in [9.17, 15) is 10.0 Å². The zero-order valence-electron chi connectivity index (χ0n) is 16.5. The first-order chi connectivity index (χ1) is 14.5. The predicted octanol–water partition coefficient (Wildman–Crippen LogP) is 2.23. The second-order valence-electron chi connectivity index (χ2n) is 5.73. The predicted molar refractivity (Wildman–Crippen MR) is 105 cm³/mol. The number of aromatic nitrogens is 3. The third-order valence-corrected chi connectivity index (χ3v) is 4.85. The molecule has 0 saturated heterocycles. The number of methoxy groups -OCH3 is 3. The Morgan fingerprint density at radius 3 is 2.50 bits per heavy atom. The second-order valence-corrected chi connectivity index (χ2v) is 6.72. The summed E-state index contributed by atoms with van der Waals surface area (Å²) in [5.74, 6) is 1.09. The Labute approximate surface area is 176 Å². The van der Waals surface area contributed by atoms with Crippen LogP contribution in [0.25, 0.3) is 11.5 Å². The van der Waals surface area contributed by atoms with Gasteiger partial charge in [0.1, 0.15) is 5.75 Å². The van der Waals surface area contributed by atoms with Gasteiger partial charge in [-0.2, -0.15) is 4.73 Å². The zero-order valence-corrected chi connectivity index (χ0v) is 17.3. The summed E-state index contributed by atoms with van der Waals surface area (Å²) in [5.41, 5.74) is 0.550. The number of hydrogen-bond acceptors (Lipinski definition) is 10. The molecular formula is C19H19N3O7S. The molecule has 3 rings (SSSR count). The number of pyridine rings is 1. The van der Waals surface area contributed by atoms with Gasteiger partial charge in [-0.1, -0.05) is 0 Å². The van der Waals surface area contributed by atoms with Crippen LogP contribution in [0.15, 0.2) is 46.0 Å². The van der Waals surface area contributed by atoms with Crippen molar-refractivity contribution in [3.8, 4) is 28.7 Å². The average Bonchev–Trinajstić information content (AvgIpc) is 3.25. The summed E-state index contributed by atoms with van der Waals surface area (Å²) >= 11 is 1.07. The third-order valence-electron chi connectivity index (χ3n) is 3.86. The van der Waals surface area contributed by atoms with Crippen molar-refractivity contribution >= 4 is 17.7 Å². The number of hydrogen-bond donors (Lipinski definition) is 0. The number of ether oxygens (including phenoxy) is 4. The van der Waals surface area contributed by atoms with Gasteiger partial charge in [0, 0.05) is 17.7 Å². The van der Waals surface area contributed by atoms with E-state index in [1.54, 1.807) is 30.3 Å². The van der Waals surface area contributed by atoms with Gasteiger partial charge < -0.3 is 28.6 Å². The number of carbonyl (C=O) groups excluding carboxylic acids is 1. The normalized spacial score (nSPS) is 10.5. The van der Waals surface area contributed by atoms with Crippen LogP contribution in [0.2, 0.25) is 0 Å². The van der Waals surface area contributed by atoms with E-state index in [0.29, 0.717) is 32.6 Å². The van der Waals surface area contributed by atoms with E-state index in [2.05, 4.69) is 10.2 Å². The van der Waals surface area contributed by atoms with Crippen LogP contribution in [0.3, 0.4) is 0 Å². The molecule has 0 fully saturated rings. The monoisotopic (exact) mass is 433 g/mol. The summed E-state index contributed by atoms with van der Waals surface area (Å²) in [6.45, 7) is -0.191. The molecule has 0 atom stereocenters. The van der Waals surface area contributed by atoms with E-state index in [1.165, 1.54) is 27.5 Å². The minimum absolute atomic E-state index is 0.0277. The number of benzene rings is 1. The second kappa shape index (κ2) is 9.83. The molecule has 0 aliphatic carbocycles. The molecule has 0 amide bonds. The van der Waals surface area contributed by atoms with Crippen LogP contribution in [0.1, 0.15) is 5.89 Å². The van der Waals surface area contributed by atoms with Gasteiger partial charge in [0.2, 0.25) is 11.6 Å². The van der Waals surface area contributed by atoms with Crippen LogP contribution in [0.5, 0.6) is 17.2 Å². The largest absolute Gasteiger partial charge is 0.618 e. The summed E-state index contributed by atoms with van der Waals surface area (Å²) in [7, 11) is 4.51. The average molecular weight is 433 g/mol. The van der Waals surface area contributed by atoms with Crippen molar-refractivity contribution in [3.63, 3.8) is 0 Å². The minimum Gasteiger partial charge on any atom is -0.618 e. The first kappa shape index (κ1) is 21.2. The molecule has 1 aromatic carbocycles. The molecule has 2 heterocycles. The lowest BCUT2D eigenvalue weighted by molar-refractivity contribution is -0.645. The molecule has 0 saturated carbocycles. The lowest BCUT2D eigenvalue weighted by Crippen LogP contribution is -2.28. The summed E-state index contributed by atoms with van der Waals surface area (Å²) in [6.07, 6.45) is 1.36. The highest BCUT2D eigenvalue weighted by molar-refractivity contribution is 7.99. The summed E-state index contributed by atoms with van der Waals surface area (Å²) in [4.78, 5) is 11.9. The highest BCUT2D eigenvalue weighted by Gasteiger charge is 2.18. The fraction of sp³-hybridized carbons (Fsp3) is 0.263. The van der Waals surface area contributed by atoms with Crippen LogP contribution in [0.4, 0.5) is 0 Å². The van der Waals surface area contributed by atoms with Crippen LogP contribution < -0.4 is 18.9 Å². The Balaban J connectivity index is 1.62. The Hall–Kier alpha value is -3.47. The molecule has 10 nitrogen and oxygen atoms in total. The molecule has 30 heavy (non-hydrogen) atoms. The Bertz CT molecular complexity index is 1000. The highest BCUT2D eigenvalue weighted by atomic mass is 32.2. The molecule has 158 valence electrons. The topological polar surface area (TPSA) is 120 Å². The lowest BCUT2D eigenvalue weighted by Gasteiger charge is -2.12. The molecule has 2 aromatic heterocycles. The van der Waals surface area contributed by atoms with Crippen LogP contribution in [-0.2, 0) is 16.1 Å². The molecule has 0 bridgehead atoms. The Kier molecular flexibility index (Phi) is 6.96. The van der Waals surface area contributed by atoms with Crippen molar-refractivity contribution in [3.05, 3.63) is 47.6 Å². The quantitative estimate of drug-likeness (QED) is 0.215. The van der Waals surface area contributed by atoms with Crippen molar-refractivity contribution < 1.29 is 32.9 Å². The standard InChI is InChI=1S/C19H19N3O7S/c1-25-13-8-12(9-14(26-2)18(13)27-3)19-21-20-15(29-19)10-28-17(23)11-30-16-6-4-5-7-22(16)24/h4-9H,10-11H2,1-3H3. The van der Waals surface area contributed by atoms with Crippen LogP contribution in [-0.4, -0.2) is 43.2 Å². The van der Waals surface area contributed by atoms with Gasteiger partial charge in [-0.15, -0.1) is 10.2 Å². The summed E-state index contributed by atoms with van der Waals surface area (Å²) < 4.78 is 27.3. The molecule has 0 unspecified atom stereocenters. The fourth-order valence-corrected chi connectivity index (χ4v) is 3.19. The molecule has 0 N–H and O–H groups in total.